The van der Waals surface area contributed by atoms with E-state index in [-0.39, 0.29) is 0 Å². The van der Waals surface area contributed by atoms with Crippen molar-refractivity contribution in [3.05, 3.63) is 79.0 Å². The first-order valence-corrected chi connectivity index (χ1v) is 8.62. The number of nitrogens with zero attached hydrogens (tertiary/aromatic N) is 3. The van der Waals surface area contributed by atoms with E-state index in [1.54, 1.807) is 0 Å². The third kappa shape index (κ3) is 1.73. The smallest absolute Gasteiger partial charge is 0.146 e. The minimum atomic E-state index is 0.910. The molecule has 6 rings (SSSR count). The van der Waals surface area contributed by atoms with E-state index in [0.29, 0.717) is 0 Å². The summed E-state index contributed by atoms with van der Waals surface area (Å²) in [4.78, 5) is 13.0. The summed E-state index contributed by atoms with van der Waals surface area (Å²) < 4.78 is 2.23. The van der Waals surface area contributed by atoms with Crippen molar-refractivity contribution in [2.24, 2.45) is 0 Å². The Morgan fingerprint density at radius 2 is 1.58 bits per heavy atom. The summed E-state index contributed by atoms with van der Waals surface area (Å²) in [6, 6.07) is 25.0. The summed E-state index contributed by atoms with van der Waals surface area (Å²) >= 11 is 0. The van der Waals surface area contributed by atoms with Crippen LogP contribution in [0, 0.1) is 0 Å². The highest BCUT2D eigenvalue weighted by Gasteiger charge is 2.16. The Balaban J connectivity index is 1.86. The molecule has 0 aliphatic heterocycles. The lowest BCUT2D eigenvalue weighted by atomic mass is 10.2. The maximum Gasteiger partial charge on any atom is 0.146 e. The highest BCUT2D eigenvalue weighted by molar-refractivity contribution is 6.14. The van der Waals surface area contributed by atoms with Crippen molar-refractivity contribution in [2.75, 3.05) is 0 Å². The lowest BCUT2D eigenvalue weighted by Crippen LogP contribution is -1.95. The number of H-pyrrole nitrogens is 1. The molecule has 0 saturated carbocycles. The van der Waals surface area contributed by atoms with Gasteiger partial charge in [0.25, 0.3) is 0 Å². The van der Waals surface area contributed by atoms with Gasteiger partial charge in [-0.15, -0.1) is 0 Å². The molecule has 122 valence electrons. The van der Waals surface area contributed by atoms with Crippen LogP contribution < -0.4 is 0 Å². The van der Waals surface area contributed by atoms with Crippen molar-refractivity contribution in [1.29, 1.82) is 0 Å². The minimum Gasteiger partial charge on any atom is -0.352 e. The Bertz CT molecular complexity index is 1420. The van der Waals surface area contributed by atoms with Crippen LogP contribution in [0.2, 0.25) is 0 Å². The molecule has 1 N–H and O–H groups in total. The molecule has 0 fully saturated rings. The monoisotopic (exact) mass is 334 g/mol. The lowest BCUT2D eigenvalue weighted by molar-refractivity contribution is 1.15. The second-order valence-corrected chi connectivity index (χ2v) is 6.47. The van der Waals surface area contributed by atoms with Gasteiger partial charge in [-0.3, -0.25) is 9.55 Å². The zero-order valence-corrected chi connectivity index (χ0v) is 13.8. The van der Waals surface area contributed by atoms with Gasteiger partial charge in [0.2, 0.25) is 0 Å². The number of fused-ring (bicyclic) bond motifs is 6. The molecule has 0 amide bonds. The van der Waals surface area contributed by atoms with Crippen LogP contribution in [0.4, 0.5) is 0 Å². The first kappa shape index (κ1) is 13.6. The largest absolute Gasteiger partial charge is 0.352 e. The Labute approximate surface area is 148 Å². The fraction of sp³-hybridized carbons (Fsp3) is 0. The summed E-state index contributed by atoms with van der Waals surface area (Å²) in [7, 11) is 0. The van der Waals surface area contributed by atoms with E-state index in [1.165, 1.54) is 5.39 Å². The number of nitrogens with one attached hydrogen (secondary N) is 1. The highest BCUT2D eigenvalue weighted by atomic mass is 15.1. The van der Waals surface area contributed by atoms with E-state index in [4.69, 9.17) is 4.98 Å². The van der Waals surface area contributed by atoms with Gasteiger partial charge in [0.15, 0.2) is 0 Å². The maximum absolute atomic E-state index is 5.05. The van der Waals surface area contributed by atoms with Gasteiger partial charge >= 0.3 is 0 Å². The second kappa shape index (κ2) is 4.92. The molecule has 0 atom stereocenters. The molecule has 0 unspecified atom stereocenters. The Morgan fingerprint density at radius 3 is 2.50 bits per heavy atom. The van der Waals surface area contributed by atoms with Gasteiger partial charge in [-0.2, -0.15) is 0 Å². The SMILES string of the molecule is c1ccc(-n2c3ccccc3c3cc4[nH]c5cccnc5c4nc32)cc1. The van der Waals surface area contributed by atoms with Gasteiger partial charge < -0.3 is 4.98 Å². The highest BCUT2D eigenvalue weighted by Crippen LogP contribution is 2.34. The quantitative estimate of drug-likeness (QED) is 0.449. The molecule has 4 heterocycles. The van der Waals surface area contributed by atoms with Crippen LogP contribution in [0.3, 0.4) is 0 Å². The molecule has 0 radical (unpaired) electrons. The number of pyridine rings is 2. The van der Waals surface area contributed by atoms with Crippen molar-refractivity contribution in [1.82, 2.24) is 19.5 Å². The molecule has 0 aliphatic carbocycles. The predicted octanol–water partition coefficient (Wildman–Crippen LogP) is 5.21. The van der Waals surface area contributed by atoms with Crippen molar-refractivity contribution in [3.63, 3.8) is 0 Å². The van der Waals surface area contributed by atoms with Crippen LogP contribution in [-0.2, 0) is 0 Å². The van der Waals surface area contributed by atoms with E-state index in [2.05, 4.69) is 69.1 Å². The molecule has 4 aromatic heterocycles. The molecular formula is C22H14N4. The first-order chi connectivity index (χ1) is 12.9. The van der Waals surface area contributed by atoms with Gasteiger partial charge in [-0.05, 0) is 36.4 Å². The predicted molar refractivity (Wildman–Crippen MR) is 106 cm³/mol. The number of aromatic nitrogens is 4. The molecule has 6 aromatic rings. The molecule has 4 heteroatoms. The van der Waals surface area contributed by atoms with Gasteiger partial charge in [0.1, 0.15) is 16.7 Å². The number of benzene rings is 2. The summed E-state index contributed by atoms with van der Waals surface area (Å²) in [5, 5.41) is 2.34. The molecule has 2 aromatic carbocycles. The number of hydrogen-bond acceptors (Lipinski definition) is 2. The number of para-hydroxylation sites is 2. The topological polar surface area (TPSA) is 46.5 Å². The maximum atomic E-state index is 5.05. The summed E-state index contributed by atoms with van der Waals surface area (Å²) in [5.74, 6) is 0. The van der Waals surface area contributed by atoms with Crippen LogP contribution in [-0.4, -0.2) is 19.5 Å². The van der Waals surface area contributed by atoms with E-state index in [1.807, 2.05) is 24.4 Å². The van der Waals surface area contributed by atoms with Crippen LogP contribution in [0.1, 0.15) is 0 Å². The van der Waals surface area contributed by atoms with Crippen molar-refractivity contribution >= 4 is 44.0 Å². The molecule has 0 saturated heterocycles. The Kier molecular flexibility index (Phi) is 2.58. The molecule has 0 aliphatic rings. The van der Waals surface area contributed by atoms with E-state index < -0.39 is 0 Å². The van der Waals surface area contributed by atoms with Gasteiger partial charge in [-0.25, -0.2) is 4.98 Å². The molecule has 0 spiro atoms. The van der Waals surface area contributed by atoms with Gasteiger partial charge in [-0.1, -0.05) is 36.4 Å². The Hall–Kier alpha value is -3.66. The fourth-order valence-corrected chi connectivity index (χ4v) is 3.84. The Morgan fingerprint density at radius 1 is 0.731 bits per heavy atom. The lowest BCUT2D eigenvalue weighted by Gasteiger charge is -2.06. The molecule has 4 nitrogen and oxygen atoms in total. The van der Waals surface area contributed by atoms with E-state index in [9.17, 15) is 0 Å². The second-order valence-electron chi connectivity index (χ2n) is 6.47. The normalized spacial score (nSPS) is 11.8. The van der Waals surface area contributed by atoms with Crippen molar-refractivity contribution in [2.45, 2.75) is 0 Å². The van der Waals surface area contributed by atoms with Gasteiger partial charge in [0.05, 0.1) is 16.6 Å². The minimum absolute atomic E-state index is 0.910. The number of hydrogen-bond donors (Lipinski definition) is 1. The summed E-state index contributed by atoms with van der Waals surface area (Å²) in [5.41, 5.74) is 7.07. The van der Waals surface area contributed by atoms with Crippen LogP contribution in [0.25, 0.3) is 49.7 Å². The van der Waals surface area contributed by atoms with E-state index >= 15 is 0 Å². The third-order valence-electron chi connectivity index (χ3n) is 4.97. The number of rotatable bonds is 1. The summed E-state index contributed by atoms with van der Waals surface area (Å²) in [6.45, 7) is 0. The van der Waals surface area contributed by atoms with Crippen LogP contribution >= 0.6 is 0 Å². The molecule has 0 bridgehead atoms. The fourth-order valence-electron chi connectivity index (χ4n) is 3.84. The average Bonchev–Trinajstić information content (AvgIpc) is 3.22. The zero-order valence-electron chi connectivity index (χ0n) is 13.8. The van der Waals surface area contributed by atoms with Gasteiger partial charge in [0, 0.05) is 22.7 Å². The molecule has 26 heavy (non-hydrogen) atoms. The standard InChI is InChI=1S/C22H14N4/c1-2-7-14(8-3-1)26-19-11-5-4-9-15(19)16-13-18-21(25-22(16)26)20-17(24-18)10-6-12-23-20/h1-13,24H. The first-order valence-electron chi connectivity index (χ1n) is 8.62. The van der Waals surface area contributed by atoms with Crippen molar-refractivity contribution < 1.29 is 0 Å². The molecular weight excluding hydrogens is 320 g/mol. The van der Waals surface area contributed by atoms with Crippen LogP contribution in [0.5, 0.6) is 0 Å². The zero-order chi connectivity index (χ0) is 17.1. The third-order valence-corrected chi connectivity index (χ3v) is 4.97. The summed E-state index contributed by atoms with van der Waals surface area (Å²) in [6.07, 6.45) is 1.81. The van der Waals surface area contributed by atoms with Crippen molar-refractivity contribution in [3.8, 4) is 5.69 Å². The van der Waals surface area contributed by atoms with Crippen LogP contribution in [0.15, 0.2) is 79.0 Å². The number of aromatic amines is 1. The van der Waals surface area contributed by atoms with E-state index in [0.717, 1.165) is 44.3 Å². The average molecular weight is 334 g/mol.